The van der Waals surface area contributed by atoms with Gasteiger partial charge in [-0.1, -0.05) is 17.7 Å². The van der Waals surface area contributed by atoms with Crippen molar-refractivity contribution >= 4 is 22.9 Å². The van der Waals surface area contributed by atoms with E-state index in [-0.39, 0.29) is 0 Å². The van der Waals surface area contributed by atoms with E-state index in [4.69, 9.17) is 16.3 Å². The first-order valence-corrected chi connectivity index (χ1v) is 6.47. The van der Waals surface area contributed by atoms with E-state index in [0.717, 1.165) is 22.0 Å². The Morgan fingerprint density at radius 2 is 2.29 bits per heavy atom. The largest absolute Gasteiger partial charge is 0.481 e. The van der Waals surface area contributed by atoms with Gasteiger partial charge in [0, 0.05) is 29.7 Å². The second-order valence-corrected chi connectivity index (χ2v) is 4.87. The predicted octanol–water partition coefficient (Wildman–Crippen LogP) is 3.09. The van der Waals surface area contributed by atoms with Crippen molar-refractivity contribution in [1.29, 1.82) is 0 Å². The van der Waals surface area contributed by atoms with E-state index in [2.05, 4.69) is 10.3 Å². The average molecular weight is 269 g/mol. The van der Waals surface area contributed by atoms with Crippen molar-refractivity contribution < 1.29 is 4.74 Å². The summed E-state index contributed by atoms with van der Waals surface area (Å²) in [5.41, 5.74) is 1.04. The van der Waals surface area contributed by atoms with Crippen LogP contribution in [0.1, 0.15) is 10.4 Å². The first kappa shape index (κ1) is 12.4. The highest BCUT2D eigenvalue weighted by Crippen LogP contribution is 2.22. The highest BCUT2D eigenvalue weighted by atomic mass is 35.5. The van der Waals surface area contributed by atoms with Gasteiger partial charge in [0.1, 0.15) is 0 Å². The van der Waals surface area contributed by atoms with Gasteiger partial charge in [-0.05, 0) is 17.5 Å². The summed E-state index contributed by atoms with van der Waals surface area (Å²) >= 11 is 7.67. The monoisotopic (exact) mass is 268 g/mol. The van der Waals surface area contributed by atoms with Crippen LogP contribution in [0.5, 0.6) is 5.88 Å². The lowest BCUT2D eigenvalue weighted by atomic mass is 10.2. The Kier molecular flexibility index (Phi) is 4.36. The molecule has 5 heteroatoms. The molecule has 17 heavy (non-hydrogen) atoms. The maximum absolute atomic E-state index is 6.01. The molecule has 0 aliphatic rings. The maximum atomic E-state index is 6.01. The first-order chi connectivity index (χ1) is 8.31. The lowest BCUT2D eigenvalue weighted by Gasteiger charge is -2.07. The molecule has 0 aromatic carbocycles. The molecule has 0 aliphatic carbocycles. The van der Waals surface area contributed by atoms with Crippen LogP contribution in [0.15, 0.2) is 29.8 Å². The third-order valence-electron chi connectivity index (χ3n) is 2.34. The molecule has 2 rings (SSSR count). The molecule has 0 spiro atoms. The predicted molar refractivity (Wildman–Crippen MR) is 70.7 cm³/mol. The second kappa shape index (κ2) is 6.00. The molecule has 0 radical (unpaired) electrons. The van der Waals surface area contributed by atoms with E-state index in [1.807, 2.05) is 23.6 Å². The van der Waals surface area contributed by atoms with Gasteiger partial charge < -0.3 is 10.1 Å². The standard InChI is InChI=1S/C12H13ClN2OS/c1-16-12-9(3-2-5-15-12)7-14-8-11-10(13)4-6-17-11/h2-6,14H,7-8H2,1H3. The highest BCUT2D eigenvalue weighted by molar-refractivity contribution is 7.10. The van der Waals surface area contributed by atoms with E-state index in [1.165, 1.54) is 0 Å². The van der Waals surface area contributed by atoms with E-state index >= 15 is 0 Å². The van der Waals surface area contributed by atoms with Gasteiger partial charge in [-0.15, -0.1) is 11.3 Å². The molecule has 90 valence electrons. The third kappa shape index (κ3) is 3.19. The Morgan fingerprint density at radius 1 is 1.41 bits per heavy atom. The zero-order valence-electron chi connectivity index (χ0n) is 9.44. The molecule has 2 aromatic heterocycles. The van der Waals surface area contributed by atoms with Gasteiger partial charge in [0.25, 0.3) is 0 Å². The minimum atomic E-state index is 0.664. The lowest BCUT2D eigenvalue weighted by molar-refractivity contribution is 0.390. The smallest absolute Gasteiger partial charge is 0.217 e. The zero-order valence-corrected chi connectivity index (χ0v) is 11.0. The molecule has 3 nitrogen and oxygen atoms in total. The molecule has 0 fully saturated rings. The summed E-state index contributed by atoms with van der Waals surface area (Å²) in [6, 6.07) is 5.81. The normalized spacial score (nSPS) is 10.5. The highest BCUT2D eigenvalue weighted by Gasteiger charge is 2.04. The van der Waals surface area contributed by atoms with Crippen LogP contribution in [0.4, 0.5) is 0 Å². The number of hydrogen-bond donors (Lipinski definition) is 1. The molecule has 0 unspecified atom stereocenters. The first-order valence-electron chi connectivity index (χ1n) is 5.21. The van der Waals surface area contributed by atoms with Crippen molar-refractivity contribution in [2.24, 2.45) is 0 Å². The summed E-state index contributed by atoms with van der Waals surface area (Å²) in [6.45, 7) is 1.47. The number of thiophene rings is 1. The fourth-order valence-electron chi connectivity index (χ4n) is 1.50. The van der Waals surface area contributed by atoms with Crippen molar-refractivity contribution in [2.45, 2.75) is 13.1 Å². The SMILES string of the molecule is COc1ncccc1CNCc1sccc1Cl. The Bertz CT molecular complexity index is 487. The maximum Gasteiger partial charge on any atom is 0.217 e. The zero-order chi connectivity index (χ0) is 12.1. The third-order valence-corrected chi connectivity index (χ3v) is 3.72. The molecular formula is C12H13ClN2OS. The van der Waals surface area contributed by atoms with Crippen molar-refractivity contribution in [3.63, 3.8) is 0 Å². The Morgan fingerprint density at radius 3 is 3.00 bits per heavy atom. The quantitative estimate of drug-likeness (QED) is 0.905. The van der Waals surface area contributed by atoms with Gasteiger partial charge in [-0.25, -0.2) is 4.98 Å². The number of nitrogens with zero attached hydrogens (tertiary/aromatic N) is 1. The van der Waals surface area contributed by atoms with Gasteiger partial charge >= 0.3 is 0 Å². The summed E-state index contributed by atoms with van der Waals surface area (Å²) in [4.78, 5) is 5.29. The van der Waals surface area contributed by atoms with Crippen LogP contribution in [-0.2, 0) is 13.1 Å². The van der Waals surface area contributed by atoms with Gasteiger partial charge in [-0.2, -0.15) is 0 Å². The molecule has 0 amide bonds. The minimum Gasteiger partial charge on any atom is -0.481 e. The lowest BCUT2D eigenvalue weighted by Crippen LogP contribution is -2.13. The number of aromatic nitrogens is 1. The fraction of sp³-hybridized carbons (Fsp3) is 0.250. The van der Waals surface area contributed by atoms with E-state index < -0.39 is 0 Å². The van der Waals surface area contributed by atoms with Crippen molar-refractivity contribution in [2.75, 3.05) is 7.11 Å². The van der Waals surface area contributed by atoms with Gasteiger partial charge in [-0.3, -0.25) is 0 Å². The summed E-state index contributed by atoms with van der Waals surface area (Å²) < 4.78 is 5.18. The Labute approximate surface area is 109 Å². The van der Waals surface area contributed by atoms with Crippen molar-refractivity contribution in [3.05, 3.63) is 45.2 Å². The number of ether oxygens (including phenoxy) is 1. The Balaban J connectivity index is 1.92. The van der Waals surface area contributed by atoms with E-state index in [0.29, 0.717) is 12.4 Å². The number of halogens is 1. The number of methoxy groups -OCH3 is 1. The van der Waals surface area contributed by atoms with Crippen molar-refractivity contribution in [3.8, 4) is 5.88 Å². The molecule has 0 saturated heterocycles. The minimum absolute atomic E-state index is 0.664. The topological polar surface area (TPSA) is 34.1 Å². The second-order valence-electron chi connectivity index (χ2n) is 3.47. The van der Waals surface area contributed by atoms with Crippen LogP contribution in [0, 0.1) is 0 Å². The van der Waals surface area contributed by atoms with Crippen LogP contribution >= 0.6 is 22.9 Å². The summed E-state index contributed by atoms with van der Waals surface area (Å²) in [5, 5.41) is 6.14. The molecule has 0 saturated carbocycles. The molecule has 2 aromatic rings. The van der Waals surface area contributed by atoms with Crippen LogP contribution in [0.3, 0.4) is 0 Å². The fourth-order valence-corrected chi connectivity index (χ4v) is 2.58. The molecule has 0 aliphatic heterocycles. The van der Waals surface area contributed by atoms with Gasteiger partial charge in [0.2, 0.25) is 5.88 Å². The number of pyridine rings is 1. The molecule has 2 heterocycles. The summed E-state index contributed by atoms with van der Waals surface area (Å²) in [7, 11) is 1.63. The van der Waals surface area contributed by atoms with E-state index in [9.17, 15) is 0 Å². The van der Waals surface area contributed by atoms with Gasteiger partial charge in [0.05, 0.1) is 12.1 Å². The molecule has 0 atom stereocenters. The summed E-state index contributed by atoms with van der Waals surface area (Å²) in [6.07, 6.45) is 1.72. The summed E-state index contributed by atoms with van der Waals surface area (Å²) in [5.74, 6) is 0.664. The number of hydrogen-bond acceptors (Lipinski definition) is 4. The van der Waals surface area contributed by atoms with Crippen LogP contribution in [-0.4, -0.2) is 12.1 Å². The van der Waals surface area contributed by atoms with Crippen molar-refractivity contribution in [1.82, 2.24) is 10.3 Å². The van der Waals surface area contributed by atoms with Crippen LogP contribution in [0.25, 0.3) is 0 Å². The van der Waals surface area contributed by atoms with E-state index in [1.54, 1.807) is 24.6 Å². The van der Waals surface area contributed by atoms with Gasteiger partial charge in [0.15, 0.2) is 0 Å². The molecule has 0 bridgehead atoms. The number of rotatable bonds is 5. The average Bonchev–Trinajstić information content (AvgIpc) is 2.76. The Hall–Kier alpha value is -1.10. The molecular weight excluding hydrogens is 256 g/mol. The number of nitrogens with one attached hydrogen (secondary N) is 1. The van der Waals surface area contributed by atoms with Crippen LogP contribution < -0.4 is 10.1 Å². The molecule has 1 N–H and O–H groups in total. The van der Waals surface area contributed by atoms with Crippen LogP contribution in [0.2, 0.25) is 5.02 Å².